The van der Waals surface area contributed by atoms with E-state index >= 15 is 0 Å². The molecule has 0 atom stereocenters. The third-order valence-corrected chi connectivity index (χ3v) is 2.44. The van der Waals surface area contributed by atoms with E-state index in [0.717, 1.165) is 10.5 Å². The van der Waals surface area contributed by atoms with Crippen LogP contribution in [0, 0.1) is 6.92 Å². The zero-order valence-corrected chi connectivity index (χ0v) is 7.94. The van der Waals surface area contributed by atoms with E-state index in [1.54, 1.807) is 11.8 Å². The summed E-state index contributed by atoms with van der Waals surface area (Å²) >= 11 is 1.60. The fourth-order valence-electron chi connectivity index (χ4n) is 0.994. The van der Waals surface area contributed by atoms with Crippen LogP contribution in [0.2, 0.25) is 0 Å². The maximum atomic E-state index is 10.9. The molecule has 12 heavy (non-hydrogen) atoms. The van der Waals surface area contributed by atoms with Crippen molar-refractivity contribution in [3.63, 3.8) is 0 Å². The molecule has 0 aliphatic carbocycles. The maximum Gasteiger partial charge on any atom is 0.249 e. The molecular weight excluding hydrogens is 170 g/mol. The van der Waals surface area contributed by atoms with Crippen molar-refractivity contribution in [2.75, 3.05) is 6.26 Å². The number of rotatable bonds is 2. The van der Waals surface area contributed by atoms with Crippen molar-refractivity contribution in [3.8, 4) is 0 Å². The zero-order chi connectivity index (χ0) is 9.14. The van der Waals surface area contributed by atoms with Crippen molar-refractivity contribution >= 4 is 17.7 Å². The summed E-state index contributed by atoms with van der Waals surface area (Å²) in [5, 5.41) is 0. The van der Waals surface area contributed by atoms with Crippen LogP contribution in [0.15, 0.2) is 23.1 Å². The predicted molar refractivity (Wildman–Crippen MR) is 51.5 cm³/mol. The Kier molecular flexibility index (Phi) is 2.76. The van der Waals surface area contributed by atoms with Crippen LogP contribution in [0.4, 0.5) is 0 Å². The second-order valence-corrected chi connectivity index (χ2v) is 3.42. The molecule has 0 aliphatic rings. The monoisotopic (exact) mass is 181 g/mol. The van der Waals surface area contributed by atoms with Gasteiger partial charge < -0.3 is 5.73 Å². The molecule has 0 heterocycles. The van der Waals surface area contributed by atoms with E-state index in [1.165, 1.54) is 0 Å². The van der Waals surface area contributed by atoms with Crippen LogP contribution in [-0.2, 0) is 0 Å². The minimum atomic E-state index is -0.358. The fraction of sp³-hybridized carbons (Fsp3) is 0.222. The first-order valence-corrected chi connectivity index (χ1v) is 4.82. The minimum absolute atomic E-state index is 0.358. The average molecular weight is 181 g/mol. The highest BCUT2D eigenvalue weighted by molar-refractivity contribution is 7.98. The SMILES string of the molecule is CSc1ccc(C)c(C(N)=O)c1. The zero-order valence-electron chi connectivity index (χ0n) is 7.13. The molecule has 1 amide bonds. The van der Waals surface area contributed by atoms with Crippen LogP contribution in [0.5, 0.6) is 0 Å². The summed E-state index contributed by atoms with van der Waals surface area (Å²) in [6.07, 6.45) is 1.97. The second kappa shape index (κ2) is 3.63. The first-order valence-electron chi connectivity index (χ1n) is 3.59. The molecule has 0 bridgehead atoms. The molecule has 1 aromatic carbocycles. The van der Waals surface area contributed by atoms with Gasteiger partial charge in [0.05, 0.1) is 0 Å². The lowest BCUT2D eigenvalue weighted by Crippen LogP contribution is -2.12. The lowest BCUT2D eigenvalue weighted by atomic mass is 10.1. The fourth-order valence-corrected chi connectivity index (χ4v) is 1.43. The van der Waals surface area contributed by atoms with E-state index in [1.807, 2.05) is 31.4 Å². The molecule has 1 aromatic rings. The van der Waals surface area contributed by atoms with Gasteiger partial charge in [-0.25, -0.2) is 0 Å². The van der Waals surface area contributed by atoms with Gasteiger partial charge in [-0.3, -0.25) is 4.79 Å². The number of carbonyl (C=O) groups excluding carboxylic acids is 1. The van der Waals surface area contributed by atoms with Crippen molar-refractivity contribution in [1.29, 1.82) is 0 Å². The Morgan fingerprint density at radius 2 is 2.17 bits per heavy atom. The molecule has 0 radical (unpaired) electrons. The standard InChI is InChI=1S/C9H11NOS/c1-6-3-4-7(12-2)5-8(6)9(10)11/h3-5H,1-2H3,(H2,10,11). The highest BCUT2D eigenvalue weighted by Crippen LogP contribution is 2.18. The molecule has 0 aliphatic heterocycles. The van der Waals surface area contributed by atoms with Gasteiger partial charge in [-0.15, -0.1) is 11.8 Å². The molecule has 0 fully saturated rings. The summed E-state index contributed by atoms with van der Waals surface area (Å²) in [5.74, 6) is -0.358. The highest BCUT2D eigenvalue weighted by Gasteiger charge is 2.04. The van der Waals surface area contributed by atoms with Crippen molar-refractivity contribution in [2.24, 2.45) is 5.73 Å². The average Bonchev–Trinajstić information content (AvgIpc) is 2.05. The first-order chi connectivity index (χ1) is 5.65. The number of thioether (sulfide) groups is 1. The van der Waals surface area contributed by atoms with Gasteiger partial charge in [-0.05, 0) is 30.9 Å². The van der Waals surface area contributed by atoms with Crippen LogP contribution >= 0.6 is 11.8 Å². The number of carbonyl (C=O) groups is 1. The third kappa shape index (κ3) is 1.80. The lowest BCUT2D eigenvalue weighted by molar-refractivity contribution is 0.0999. The van der Waals surface area contributed by atoms with E-state index in [0.29, 0.717) is 5.56 Å². The largest absolute Gasteiger partial charge is 0.366 e. The Hall–Kier alpha value is -0.960. The number of aryl methyl sites for hydroxylation is 1. The molecule has 2 N–H and O–H groups in total. The summed E-state index contributed by atoms with van der Waals surface area (Å²) in [5.41, 5.74) is 6.73. The highest BCUT2D eigenvalue weighted by atomic mass is 32.2. The van der Waals surface area contributed by atoms with E-state index < -0.39 is 0 Å². The van der Waals surface area contributed by atoms with E-state index in [2.05, 4.69) is 0 Å². The topological polar surface area (TPSA) is 43.1 Å². The van der Waals surface area contributed by atoms with Gasteiger partial charge >= 0.3 is 0 Å². The van der Waals surface area contributed by atoms with Gasteiger partial charge in [0, 0.05) is 10.5 Å². The number of amides is 1. The Labute approximate surface area is 76.2 Å². The Bertz CT molecular complexity index is 309. The molecule has 0 saturated heterocycles. The first kappa shape index (κ1) is 9.13. The maximum absolute atomic E-state index is 10.9. The summed E-state index contributed by atoms with van der Waals surface area (Å²) in [6.45, 7) is 1.88. The number of nitrogens with two attached hydrogens (primary N) is 1. The quantitative estimate of drug-likeness (QED) is 0.707. The summed E-state index contributed by atoms with van der Waals surface area (Å²) in [6, 6.07) is 5.71. The molecular formula is C9H11NOS. The van der Waals surface area contributed by atoms with Gasteiger partial charge in [0.25, 0.3) is 0 Å². The van der Waals surface area contributed by atoms with Gasteiger partial charge in [0.1, 0.15) is 0 Å². The number of primary amides is 1. The lowest BCUT2D eigenvalue weighted by Gasteiger charge is -2.02. The van der Waals surface area contributed by atoms with Crippen LogP contribution in [-0.4, -0.2) is 12.2 Å². The number of hydrogen-bond acceptors (Lipinski definition) is 2. The molecule has 0 spiro atoms. The smallest absolute Gasteiger partial charge is 0.249 e. The van der Waals surface area contributed by atoms with Gasteiger partial charge in [0.15, 0.2) is 0 Å². The van der Waals surface area contributed by atoms with E-state index in [9.17, 15) is 4.79 Å². The third-order valence-electron chi connectivity index (χ3n) is 1.71. The van der Waals surface area contributed by atoms with Gasteiger partial charge in [-0.1, -0.05) is 6.07 Å². The van der Waals surface area contributed by atoms with Crippen LogP contribution < -0.4 is 5.73 Å². The molecule has 2 nitrogen and oxygen atoms in total. The van der Waals surface area contributed by atoms with E-state index in [-0.39, 0.29) is 5.91 Å². The summed E-state index contributed by atoms with van der Waals surface area (Å²) in [7, 11) is 0. The Balaban J connectivity index is 3.17. The normalized spacial score (nSPS) is 9.83. The van der Waals surface area contributed by atoms with E-state index in [4.69, 9.17) is 5.73 Å². The Morgan fingerprint density at radius 1 is 1.50 bits per heavy atom. The predicted octanol–water partition coefficient (Wildman–Crippen LogP) is 1.82. The molecule has 3 heteroatoms. The molecule has 1 rings (SSSR count). The minimum Gasteiger partial charge on any atom is -0.366 e. The van der Waals surface area contributed by atoms with Crippen LogP contribution in [0.25, 0.3) is 0 Å². The number of hydrogen-bond donors (Lipinski definition) is 1. The van der Waals surface area contributed by atoms with Gasteiger partial charge in [-0.2, -0.15) is 0 Å². The van der Waals surface area contributed by atoms with Crippen molar-refractivity contribution in [2.45, 2.75) is 11.8 Å². The van der Waals surface area contributed by atoms with Crippen molar-refractivity contribution < 1.29 is 4.79 Å². The summed E-state index contributed by atoms with van der Waals surface area (Å²) < 4.78 is 0. The van der Waals surface area contributed by atoms with Crippen molar-refractivity contribution in [3.05, 3.63) is 29.3 Å². The molecule has 64 valence electrons. The molecule has 0 aromatic heterocycles. The molecule has 0 saturated carbocycles. The number of benzene rings is 1. The van der Waals surface area contributed by atoms with Crippen LogP contribution in [0.3, 0.4) is 0 Å². The van der Waals surface area contributed by atoms with Gasteiger partial charge in [0.2, 0.25) is 5.91 Å². The Morgan fingerprint density at radius 3 is 2.67 bits per heavy atom. The van der Waals surface area contributed by atoms with Crippen LogP contribution in [0.1, 0.15) is 15.9 Å². The van der Waals surface area contributed by atoms with Crippen molar-refractivity contribution in [1.82, 2.24) is 0 Å². The summed E-state index contributed by atoms with van der Waals surface area (Å²) in [4.78, 5) is 12.0. The second-order valence-electron chi connectivity index (χ2n) is 2.55. The molecule has 0 unspecified atom stereocenters.